The van der Waals surface area contributed by atoms with E-state index in [2.05, 4.69) is 22.5 Å². The smallest absolute Gasteiger partial charge is 0.220 e. The van der Waals surface area contributed by atoms with Crippen LogP contribution in [0.4, 0.5) is 0 Å². The first-order valence-corrected chi connectivity index (χ1v) is 10.1. The minimum Gasteiger partial charge on any atom is -0.381 e. The van der Waals surface area contributed by atoms with Crippen LogP contribution < -0.4 is 10.6 Å². The Morgan fingerprint density at radius 3 is 2.77 bits per heavy atom. The molecule has 1 unspecified atom stereocenters. The standard InChI is InChI=1S/C19H34N4O2.HI/c1-2-20-18(23-11-7-19(14-23)8-12-25-15-19)22-10-9-21-17(24)13-16-5-3-4-6-16;/h16H,2-15H2,1H3,(H,20,22)(H,21,24);1H. The number of halogens is 1. The fourth-order valence-electron chi connectivity index (χ4n) is 4.42. The van der Waals surface area contributed by atoms with Crippen molar-refractivity contribution in [3.05, 3.63) is 0 Å². The highest BCUT2D eigenvalue weighted by Crippen LogP contribution is 2.38. The van der Waals surface area contributed by atoms with Crippen LogP contribution in [-0.2, 0) is 9.53 Å². The summed E-state index contributed by atoms with van der Waals surface area (Å²) < 4.78 is 5.62. The molecule has 6 nitrogen and oxygen atoms in total. The van der Waals surface area contributed by atoms with E-state index in [0.29, 0.717) is 30.8 Å². The van der Waals surface area contributed by atoms with Gasteiger partial charge < -0.3 is 20.3 Å². The Morgan fingerprint density at radius 1 is 1.27 bits per heavy atom. The van der Waals surface area contributed by atoms with Gasteiger partial charge in [0.2, 0.25) is 5.91 Å². The maximum absolute atomic E-state index is 12.0. The number of amides is 1. The Labute approximate surface area is 174 Å². The average Bonchev–Trinajstić information content (AvgIpc) is 3.35. The summed E-state index contributed by atoms with van der Waals surface area (Å²) in [6.07, 6.45) is 8.06. The van der Waals surface area contributed by atoms with Gasteiger partial charge in [0.25, 0.3) is 0 Å². The zero-order chi connectivity index (χ0) is 17.5. The maximum atomic E-state index is 12.0. The van der Waals surface area contributed by atoms with Crippen LogP contribution in [-0.4, -0.2) is 62.7 Å². The van der Waals surface area contributed by atoms with E-state index in [1.54, 1.807) is 0 Å². The van der Waals surface area contributed by atoms with Gasteiger partial charge in [-0.2, -0.15) is 0 Å². The van der Waals surface area contributed by atoms with Crippen molar-refractivity contribution in [3.63, 3.8) is 0 Å². The van der Waals surface area contributed by atoms with E-state index < -0.39 is 0 Å². The third-order valence-corrected chi connectivity index (χ3v) is 5.90. The van der Waals surface area contributed by atoms with E-state index in [1.165, 1.54) is 38.5 Å². The van der Waals surface area contributed by atoms with Gasteiger partial charge >= 0.3 is 0 Å². The highest BCUT2D eigenvalue weighted by atomic mass is 127. The molecule has 0 radical (unpaired) electrons. The summed E-state index contributed by atoms with van der Waals surface area (Å²) in [6, 6.07) is 0. The van der Waals surface area contributed by atoms with E-state index in [0.717, 1.165) is 38.8 Å². The first-order chi connectivity index (χ1) is 12.2. The molecule has 2 heterocycles. The molecule has 2 N–H and O–H groups in total. The lowest BCUT2D eigenvalue weighted by molar-refractivity contribution is -0.121. The van der Waals surface area contributed by atoms with Crippen molar-refractivity contribution in [3.8, 4) is 0 Å². The quantitative estimate of drug-likeness (QED) is 0.266. The molecule has 0 bridgehead atoms. The molecule has 3 fully saturated rings. The van der Waals surface area contributed by atoms with Crippen LogP contribution in [0.5, 0.6) is 0 Å². The topological polar surface area (TPSA) is 66.0 Å². The molecule has 1 atom stereocenters. The van der Waals surface area contributed by atoms with E-state index in [9.17, 15) is 4.79 Å². The molecule has 0 aromatic heterocycles. The van der Waals surface area contributed by atoms with E-state index >= 15 is 0 Å². The van der Waals surface area contributed by atoms with Crippen molar-refractivity contribution in [1.82, 2.24) is 15.5 Å². The van der Waals surface area contributed by atoms with Gasteiger partial charge in [0.05, 0.1) is 13.2 Å². The number of hydrogen-bond donors (Lipinski definition) is 2. The molecule has 0 aromatic rings. The monoisotopic (exact) mass is 478 g/mol. The number of nitrogens with one attached hydrogen (secondary N) is 2. The molecule has 1 spiro atoms. The molecule has 3 aliphatic rings. The van der Waals surface area contributed by atoms with Crippen LogP contribution in [0, 0.1) is 11.3 Å². The lowest BCUT2D eigenvalue weighted by Gasteiger charge is -2.25. The van der Waals surface area contributed by atoms with Crippen molar-refractivity contribution in [1.29, 1.82) is 0 Å². The second-order valence-electron chi connectivity index (χ2n) is 7.91. The predicted octanol–water partition coefficient (Wildman–Crippen LogP) is 2.38. The fraction of sp³-hybridized carbons (Fsp3) is 0.895. The summed E-state index contributed by atoms with van der Waals surface area (Å²) >= 11 is 0. The molecular weight excluding hydrogens is 443 g/mol. The van der Waals surface area contributed by atoms with Gasteiger partial charge in [0.1, 0.15) is 0 Å². The number of carbonyl (C=O) groups excluding carboxylic acids is 1. The van der Waals surface area contributed by atoms with Gasteiger partial charge in [-0.3, -0.25) is 9.79 Å². The van der Waals surface area contributed by atoms with Gasteiger partial charge in [-0.25, -0.2) is 0 Å². The highest BCUT2D eigenvalue weighted by molar-refractivity contribution is 14.0. The number of guanidine groups is 1. The van der Waals surface area contributed by atoms with E-state index in [4.69, 9.17) is 9.73 Å². The van der Waals surface area contributed by atoms with Crippen LogP contribution in [0.15, 0.2) is 4.99 Å². The second kappa shape index (κ2) is 10.7. The zero-order valence-electron chi connectivity index (χ0n) is 16.1. The van der Waals surface area contributed by atoms with E-state index in [1.807, 2.05) is 0 Å². The zero-order valence-corrected chi connectivity index (χ0v) is 18.4. The molecule has 2 aliphatic heterocycles. The number of carbonyl (C=O) groups is 1. The fourth-order valence-corrected chi connectivity index (χ4v) is 4.42. The van der Waals surface area contributed by atoms with Crippen LogP contribution >= 0.6 is 24.0 Å². The molecule has 3 rings (SSSR count). The number of nitrogens with zero attached hydrogens (tertiary/aromatic N) is 2. The molecule has 1 aliphatic carbocycles. The lowest BCUT2D eigenvalue weighted by Crippen LogP contribution is -2.42. The first kappa shape index (κ1) is 21.7. The van der Waals surface area contributed by atoms with E-state index in [-0.39, 0.29) is 29.9 Å². The minimum absolute atomic E-state index is 0. The number of likely N-dealkylation sites (tertiary alicyclic amines) is 1. The average molecular weight is 478 g/mol. The number of aliphatic imine (C=N–C) groups is 1. The SMILES string of the molecule is CCNC(=NCCNC(=O)CC1CCCC1)N1CCC2(CCOC2)C1.I. The van der Waals surface area contributed by atoms with Gasteiger partial charge in [0.15, 0.2) is 5.96 Å². The number of ether oxygens (including phenoxy) is 1. The van der Waals surface area contributed by atoms with Gasteiger partial charge in [-0.05, 0) is 38.5 Å². The minimum atomic E-state index is 0. The largest absolute Gasteiger partial charge is 0.381 e. The molecule has 2 saturated heterocycles. The summed E-state index contributed by atoms with van der Waals surface area (Å²) in [6.45, 7) is 8.10. The van der Waals surface area contributed by atoms with Crippen molar-refractivity contribution in [2.75, 3.05) is 45.9 Å². The second-order valence-corrected chi connectivity index (χ2v) is 7.91. The number of rotatable bonds is 6. The first-order valence-electron chi connectivity index (χ1n) is 10.1. The number of hydrogen-bond acceptors (Lipinski definition) is 3. The van der Waals surface area contributed by atoms with Crippen molar-refractivity contribution < 1.29 is 9.53 Å². The van der Waals surface area contributed by atoms with Crippen molar-refractivity contribution in [2.45, 2.75) is 51.9 Å². The van der Waals surface area contributed by atoms with Crippen LogP contribution in [0.2, 0.25) is 0 Å². The summed E-state index contributed by atoms with van der Waals surface area (Å²) in [5.41, 5.74) is 0.339. The Kier molecular flexibility index (Phi) is 8.93. The van der Waals surface area contributed by atoms with Gasteiger partial charge in [0, 0.05) is 44.6 Å². The van der Waals surface area contributed by atoms with Crippen LogP contribution in [0.25, 0.3) is 0 Å². The summed E-state index contributed by atoms with van der Waals surface area (Å²) in [4.78, 5) is 19.1. The van der Waals surface area contributed by atoms with Crippen LogP contribution in [0.1, 0.15) is 51.9 Å². The third-order valence-electron chi connectivity index (χ3n) is 5.90. The van der Waals surface area contributed by atoms with Crippen LogP contribution in [0.3, 0.4) is 0 Å². The van der Waals surface area contributed by atoms with Gasteiger partial charge in [-0.1, -0.05) is 12.8 Å². The predicted molar refractivity (Wildman–Crippen MR) is 115 cm³/mol. The van der Waals surface area contributed by atoms with Crippen molar-refractivity contribution >= 4 is 35.8 Å². The third kappa shape index (κ3) is 5.97. The Hall–Kier alpha value is -0.570. The summed E-state index contributed by atoms with van der Waals surface area (Å²) in [5.74, 6) is 1.78. The molecular formula is C19H35IN4O2. The molecule has 7 heteroatoms. The molecule has 1 saturated carbocycles. The van der Waals surface area contributed by atoms with Gasteiger partial charge in [-0.15, -0.1) is 24.0 Å². The molecule has 26 heavy (non-hydrogen) atoms. The summed E-state index contributed by atoms with van der Waals surface area (Å²) in [5, 5.41) is 6.43. The normalized spacial score (nSPS) is 26.3. The highest BCUT2D eigenvalue weighted by Gasteiger charge is 2.42. The molecule has 1 amide bonds. The Balaban J connectivity index is 0.00000243. The molecule has 150 valence electrons. The lowest BCUT2D eigenvalue weighted by atomic mass is 9.87. The Bertz CT molecular complexity index is 474. The summed E-state index contributed by atoms with van der Waals surface area (Å²) in [7, 11) is 0. The Morgan fingerprint density at radius 2 is 2.08 bits per heavy atom. The maximum Gasteiger partial charge on any atom is 0.220 e. The molecule has 0 aromatic carbocycles. The van der Waals surface area contributed by atoms with Crippen molar-refractivity contribution in [2.24, 2.45) is 16.3 Å².